The quantitative estimate of drug-likeness (QED) is 0.659. The molecule has 4 rings (SSSR count). The van der Waals surface area contributed by atoms with Crippen LogP contribution in [0.2, 0.25) is 5.02 Å². The van der Waals surface area contributed by atoms with Gasteiger partial charge < -0.3 is 4.74 Å². The van der Waals surface area contributed by atoms with Gasteiger partial charge in [-0.2, -0.15) is 0 Å². The molecule has 31 heavy (non-hydrogen) atoms. The highest BCUT2D eigenvalue weighted by Gasteiger charge is 2.56. The standard InChI is InChI=1S/C21H25ClN5O4/c1-21(2,3)15(28)11-27-18(29)16-17(24(4)20(27)30)23-19-25(8-9-26(16)19)13-10-12(22)6-7-14(13)31-5/h6-7,10,16H,8-9,11H2,1-5H3/q+1. The van der Waals surface area contributed by atoms with Crippen LogP contribution in [-0.4, -0.2) is 83.7 Å². The van der Waals surface area contributed by atoms with E-state index in [2.05, 4.69) is 4.99 Å². The number of hydrogen-bond acceptors (Lipinski definition) is 6. The van der Waals surface area contributed by atoms with E-state index in [4.69, 9.17) is 16.3 Å². The Bertz CT molecular complexity index is 1060. The van der Waals surface area contributed by atoms with Gasteiger partial charge >= 0.3 is 12.0 Å². The number of amides is 3. The number of imide groups is 1. The third-order valence-electron chi connectivity index (χ3n) is 5.76. The summed E-state index contributed by atoms with van der Waals surface area (Å²) in [4.78, 5) is 47.7. The number of rotatable bonds is 4. The summed E-state index contributed by atoms with van der Waals surface area (Å²) >= 11 is 6.20. The van der Waals surface area contributed by atoms with Gasteiger partial charge in [0.05, 0.1) is 20.2 Å². The third-order valence-corrected chi connectivity index (χ3v) is 6.00. The number of halogens is 1. The minimum Gasteiger partial charge on any atom is -0.493 e. The highest BCUT2D eigenvalue weighted by atomic mass is 35.5. The molecule has 1 unspecified atom stereocenters. The number of amidine groups is 1. The highest BCUT2D eigenvalue weighted by molar-refractivity contribution is 6.31. The molecular weight excluding hydrogens is 422 g/mol. The van der Waals surface area contributed by atoms with Gasteiger partial charge in [0.15, 0.2) is 11.5 Å². The monoisotopic (exact) mass is 446 g/mol. The molecule has 0 radical (unpaired) electrons. The van der Waals surface area contributed by atoms with Crippen LogP contribution in [0.3, 0.4) is 0 Å². The van der Waals surface area contributed by atoms with Gasteiger partial charge in [-0.1, -0.05) is 37.4 Å². The summed E-state index contributed by atoms with van der Waals surface area (Å²) < 4.78 is 7.33. The Kier molecular flexibility index (Phi) is 5.04. The Balaban J connectivity index is 1.71. The zero-order chi connectivity index (χ0) is 22.7. The molecule has 0 saturated carbocycles. The van der Waals surface area contributed by atoms with Crippen molar-refractivity contribution in [1.29, 1.82) is 0 Å². The molecule has 0 aliphatic carbocycles. The van der Waals surface area contributed by atoms with E-state index in [-0.39, 0.29) is 12.3 Å². The summed E-state index contributed by atoms with van der Waals surface area (Å²) in [6.45, 7) is 6.14. The Hall–Kier alpha value is -2.94. The van der Waals surface area contributed by atoms with Crippen molar-refractivity contribution in [2.24, 2.45) is 10.4 Å². The molecule has 1 aromatic carbocycles. The van der Waals surface area contributed by atoms with Crippen molar-refractivity contribution in [2.45, 2.75) is 26.8 Å². The average molecular weight is 447 g/mol. The smallest absolute Gasteiger partial charge is 0.397 e. The number of methoxy groups -OCH3 is 1. The molecule has 1 fully saturated rings. The topological polar surface area (TPSA) is 85.5 Å². The minimum absolute atomic E-state index is 0.183. The number of likely N-dealkylation sites (N-methyl/N-ethyl adjacent to an activating group) is 1. The maximum Gasteiger partial charge on any atom is 0.397 e. The predicted molar refractivity (Wildman–Crippen MR) is 116 cm³/mol. The number of anilines is 1. The zero-order valence-electron chi connectivity index (χ0n) is 18.2. The average Bonchev–Trinajstić information content (AvgIpc) is 3.28. The molecular formula is C21H25ClN5O4+. The second kappa shape index (κ2) is 7.33. The van der Waals surface area contributed by atoms with E-state index in [0.29, 0.717) is 35.7 Å². The third kappa shape index (κ3) is 3.37. The van der Waals surface area contributed by atoms with Gasteiger partial charge in [-0.05, 0) is 18.2 Å². The second-order valence-electron chi connectivity index (χ2n) is 8.77. The van der Waals surface area contributed by atoms with Gasteiger partial charge in [-0.25, -0.2) is 14.3 Å². The van der Waals surface area contributed by atoms with Crippen LogP contribution in [0, 0.1) is 5.41 Å². The first-order valence-electron chi connectivity index (χ1n) is 10.00. The van der Waals surface area contributed by atoms with Crippen LogP contribution in [0.4, 0.5) is 10.5 Å². The number of fused-ring (bicyclic) bond motifs is 2. The molecule has 0 spiro atoms. The number of nitrogens with zero attached hydrogens (tertiary/aromatic N) is 5. The van der Waals surface area contributed by atoms with E-state index in [0.717, 1.165) is 10.6 Å². The van der Waals surface area contributed by atoms with Gasteiger partial charge in [-0.3, -0.25) is 19.4 Å². The Labute approximate surface area is 185 Å². The highest BCUT2D eigenvalue weighted by Crippen LogP contribution is 2.35. The Morgan fingerprint density at radius 3 is 2.68 bits per heavy atom. The maximum absolute atomic E-state index is 13.3. The van der Waals surface area contributed by atoms with Crippen LogP contribution < -0.4 is 9.64 Å². The van der Waals surface area contributed by atoms with Crippen LogP contribution in [0.25, 0.3) is 0 Å². The van der Waals surface area contributed by atoms with E-state index < -0.39 is 23.4 Å². The largest absolute Gasteiger partial charge is 0.493 e. The zero-order valence-corrected chi connectivity index (χ0v) is 18.9. The normalized spacial score (nSPS) is 20.9. The van der Waals surface area contributed by atoms with Gasteiger partial charge in [0.1, 0.15) is 12.2 Å². The van der Waals surface area contributed by atoms with Crippen LogP contribution in [-0.2, 0) is 9.59 Å². The lowest BCUT2D eigenvalue weighted by molar-refractivity contribution is -0.525. The SMILES string of the molecule is COc1ccc(Cl)cc1N1CC[N+]2=C1N=C1C2C(=O)N(CC(=O)C(C)(C)C)C(=O)N1C. The first kappa shape index (κ1) is 21.3. The fourth-order valence-electron chi connectivity index (χ4n) is 3.89. The van der Waals surface area contributed by atoms with Crippen molar-refractivity contribution in [3.05, 3.63) is 23.2 Å². The summed E-state index contributed by atoms with van der Waals surface area (Å²) in [5, 5.41) is 0.549. The fourth-order valence-corrected chi connectivity index (χ4v) is 4.05. The molecule has 0 bridgehead atoms. The number of aliphatic imine (C=N–C) groups is 1. The lowest BCUT2D eigenvalue weighted by Crippen LogP contribution is -2.63. The summed E-state index contributed by atoms with van der Waals surface area (Å²) in [6.07, 6.45) is 0. The lowest BCUT2D eigenvalue weighted by atomic mass is 9.90. The number of carbonyl (C=O) groups excluding carboxylic acids is 3. The van der Waals surface area contributed by atoms with Crippen LogP contribution >= 0.6 is 11.6 Å². The number of ketones is 1. The maximum atomic E-state index is 13.3. The van der Waals surface area contributed by atoms with Crippen molar-refractivity contribution >= 4 is 46.8 Å². The number of guanidine groups is 1. The van der Waals surface area contributed by atoms with E-state index in [9.17, 15) is 14.4 Å². The van der Waals surface area contributed by atoms with Crippen molar-refractivity contribution in [1.82, 2.24) is 9.80 Å². The molecule has 1 saturated heterocycles. The van der Waals surface area contributed by atoms with Crippen molar-refractivity contribution in [3.63, 3.8) is 0 Å². The summed E-state index contributed by atoms with van der Waals surface area (Å²) in [7, 11) is 3.15. The fraction of sp³-hybridized carbons (Fsp3) is 0.476. The number of hydrogen-bond donors (Lipinski definition) is 0. The molecule has 10 heteroatoms. The number of Topliss-reactive ketones (excluding diaryl/α,β-unsaturated/α-hetero) is 1. The van der Waals surface area contributed by atoms with Crippen LogP contribution in [0.1, 0.15) is 20.8 Å². The molecule has 3 heterocycles. The second-order valence-corrected chi connectivity index (χ2v) is 9.21. The van der Waals surface area contributed by atoms with Crippen molar-refractivity contribution in [3.8, 4) is 5.75 Å². The molecule has 0 N–H and O–H groups in total. The number of urea groups is 1. The molecule has 3 aliphatic rings. The minimum atomic E-state index is -0.749. The number of benzene rings is 1. The van der Waals surface area contributed by atoms with E-state index in [1.165, 1.54) is 4.90 Å². The van der Waals surface area contributed by atoms with Crippen molar-refractivity contribution < 1.29 is 23.7 Å². The van der Waals surface area contributed by atoms with Crippen LogP contribution in [0.15, 0.2) is 23.2 Å². The van der Waals surface area contributed by atoms with Crippen LogP contribution in [0.5, 0.6) is 5.75 Å². The van der Waals surface area contributed by atoms with E-state index in [1.54, 1.807) is 53.1 Å². The molecule has 1 atom stereocenters. The molecule has 3 aliphatic heterocycles. The molecule has 164 valence electrons. The lowest BCUT2D eigenvalue weighted by Gasteiger charge is -2.34. The first-order chi connectivity index (χ1) is 14.5. The summed E-state index contributed by atoms with van der Waals surface area (Å²) in [6, 6.07) is 4.00. The van der Waals surface area contributed by atoms with E-state index in [1.807, 2.05) is 9.48 Å². The molecule has 1 aromatic rings. The summed E-state index contributed by atoms with van der Waals surface area (Å²) in [5.41, 5.74) is 0.0744. The number of ether oxygens (including phenoxy) is 1. The van der Waals surface area contributed by atoms with Crippen molar-refractivity contribution in [2.75, 3.05) is 38.7 Å². The van der Waals surface area contributed by atoms with Gasteiger partial charge in [0.25, 0.3) is 5.91 Å². The number of carbonyl (C=O) groups is 3. The van der Waals surface area contributed by atoms with Gasteiger partial charge in [-0.15, -0.1) is 0 Å². The van der Waals surface area contributed by atoms with Gasteiger partial charge in [0, 0.05) is 17.5 Å². The predicted octanol–water partition coefficient (Wildman–Crippen LogP) is 1.83. The Morgan fingerprint density at radius 2 is 2.03 bits per heavy atom. The molecule has 9 nitrogen and oxygen atoms in total. The summed E-state index contributed by atoms with van der Waals surface area (Å²) in [5.74, 6) is 0.918. The first-order valence-corrected chi connectivity index (χ1v) is 10.4. The van der Waals surface area contributed by atoms with E-state index >= 15 is 0 Å². The molecule has 3 amide bonds. The molecule has 0 aromatic heterocycles. The Morgan fingerprint density at radius 1 is 1.32 bits per heavy atom. The van der Waals surface area contributed by atoms with Gasteiger partial charge in [0.2, 0.25) is 11.9 Å².